The van der Waals surface area contributed by atoms with Crippen molar-refractivity contribution < 1.29 is 9.90 Å². The summed E-state index contributed by atoms with van der Waals surface area (Å²) >= 11 is 0. The van der Waals surface area contributed by atoms with Crippen LogP contribution in [0, 0.1) is 0 Å². The summed E-state index contributed by atoms with van der Waals surface area (Å²) < 4.78 is 0. The zero-order valence-corrected chi connectivity index (χ0v) is 10.2. The maximum atomic E-state index is 11.2. The standard InChI is InChI=1S/C15H15NO2/c1-2-16(15(17)18)14-11-7-6-10-13(14)12-8-4-3-5-9-12/h3-11H,2H2,1H3,(H,17,18). The summed E-state index contributed by atoms with van der Waals surface area (Å²) in [5, 5.41) is 9.22. The first-order valence-corrected chi connectivity index (χ1v) is 5.89. The van der Waals surface area contributed by atoms with Crippen LogP contribution in [0.3, 0.4) is 0 Å². The molecule has 1 N–H and O–H groups in total. The van der Waals surface area contributed by atoms with Gasteiger partial charge in [-0.2, -0.15) is 0 Å². The third-order valence-corrected chi connectivity index (χ3v) is 2.83. The zero-order valence-electron chi connectivity index (χ0n) is 10.2. The molecule has 0 spiro atoms. The van der Waals surface area contributed by atoms with Crippen LogP contribution in [0.2, 0.25) is 0 Å². The predicted octanol–water partition coefficient (Wildman–Crippen LogP) is 3.86. The van der Waals surface area contributed by atoms with Crippen molar-refractivity contribution in [3.8, 4) is 11.1 Å². The van der Waals surface area contributed by atoms with Crippen LogP contribution < -0.4 is 4.90 Å². The highest BCUT2D eigenvalue weighted by molar-refractivity contribution is 5.92. The second kappa shape index (κ2) is 5.36. The number of rotatable bonds is 3. The monoisotopic (exact) mass is 241 g/mol. The highest BCUT2D eigenvalue weighted by atomic mass is 16.4. The van der Waals surface area contributed by atoms with Gasteiger partial charge in [0.05, 0.1) is 5.69 Å². The molecule has 0 saturated heterocycles. The lowest BCUT2D eigenvalue weighted by atomic mass is 10.0. The first kappa shape index (κ1) is 12.2. The molecule has 0 radical (unpaired) electrons. The molecule has 3 heteroatoms. The molecule has 1 amide bonds. The Bertz CT molecular complexity index is 537. The average Bonchev–Trinajstić information content (AvgIpc) is 2.41. The van der Waals surface area contributed by atoms with Crippen molar-refractivity contribution in [2.75, 3.05) is 11.4 Å². The molecule has 2 aromatic rings. The second-order valence-corrected chi connectivity index (χ2v) is 3.91. The van der Waals surface area contributed by atoms with Gasteiger partial charge in [-0.3, -0.25) is 4.90 Å². The first-order valence-electron chi connectivity index (χ1n) is 5.89. The van der Waals surface area contributed by atoms with Crippen molar-refractivity contribution in [2.45, 2.75) is 6.92 Å². The fourth-order valence-corrected chi connectivity index (χ4v) is 1.98. The largest absolute Gasteiger partial charge is 0.465 e. The average molecular weight is 241 g/mol. The number of hydrogen-bond donors (Lipinski definition) is 1. The minimum absolute atomic E-state index is 0.430. The number of anilines is 1. The summed E-state index contributed by atoms with van der Waals surface area (Å²) in [6, 6.07) is 17.3. The summed E-state index contributed by atoms with van der Waals surface area (Å²) in [7, 11) is 0. The quantitative estimate of drug-likeness (QED) is 0.886. The molecule has 0 unspecified atom stereocenters. The molecule has 18 heavy (non-hydrogen) atoms. The first-order chi connectivity index (χ1) is 8.74. The molecule has 0 atom stereocenters. The van der Waals surface area contributed by atoms with Gasteiger partial charge in [-0.05, 0) is 18.6 Å². The van der Waals surface area contributed by atoms with Crippen molar-refractivity contribution in [3.63, 3.8) is 0 Å². The minimum atomic E-state index is -0.930. The van der Waals surface area contributed by atoms with E-state index in [4.69, 9.17) is 0 Å². The van der Waals surface area contributed by atoms with E-state index in [9.17, 15) is 9.90 Å². The number of nitrogens with zero attached hydrogens (tertiary/aromatic N) is 1. The van der Waals surface area contributed by atoms with Gasteiger partial charge in [0.15, 0.2) is 0 Å². The molecule has 0 saturated carbocycles. The van der Waals surface area contributed by atoms with E-state index in [-0.39, 0.29) is 0 Å². The fourth-order valence-electron chi connectivity index (χ4n) is 1.98. The third-order valence-electron chi connectivity index (χ3n) is 2.83. The van der Waals surface area contributed by atoms with Crippen LogP contribution in [0.4, 0.5) is 10.5 Å². The van der Waals surface area contributed by atoms with Crippen molar-refractivity contribution in [1.29, 1.82) is 0 Å². The lowest BCUT2D eigenvalue weighted by Crippen LogP contribution is -2.29. The maximum absolute atomic E-state index is 11.2. The number of para-hydroxylation sites is 1. The van der Waals surface area contributed by atoms with Gasteiger partial charge in [0.25, 0.3) is 0 Å². The Labute approximate surface area is 106 Å². The Hall–Kier alpha value is -2.29. The topological polar surface area (TPSA) is 40.5 Å². The lowest BCUT2D eigenvalue weighted by molar-refractivity contribution is 0.202. The van der Waals surface area contributed by atoms with E-state index in [1.807, 2.05) is 61.5 Å². The molecular formula is C15H15NO2. The van der Waals surface area contributed by atoms with Gasteiger partial charge in [0, 0.05) is 12.1 Å². The maximum Gasteiger partial charge on any atom is 0.411 e. The van der Waals surface area contributed by atoms with E-state index in [1.165, 1.54) is 4.90 Å². The summed E-state index contributed by atoms with van der Waals surface area (Å²) in [6.07, 6.45) is -0.930. The van der Waals surface area contributed by atoms with E-state index in [0.29, 0.717) is 6.54 Å². The summed E-state index contributed by atoms with van der Waals surface area (Å²) in [5.74, 6) is 0. The van der Waals surface area contributed by atoms with Crippen molar-refractivity contribution in [1.82, 2.24) is 0 Å². The summed E-state index contributed by atoms with van der Waals surface area (Å²) in [4.78, 5) is 12.6. The van der Waals surface area contributed by atoms with E-state index in [2.05, 4.69) is 0 Å². The van der Waals surface area contributed by atoms with Gasteiger partial charge in [-0.1, -0.05) is 48.5 Å². The molecule has 0 heterocycles. The van der Waals surface area contributed by atoms with Gasteiger partial charge >= 0.3 is 6.09 Å². The molecular weight excluding hydrogens is 226 g/mol. The van der Waals surface area contributed by atoms with E-state index in [1.54, 1.807) is 0 Å². The molecule has 0 aliphatic heterocycles. The molecule has 2 aromatic carbocycles. The van der Waals surface area contributed by atoms with Crippen molar-refractivity contribution in [3.05, 3.63) is 54.6 Å². The van der Waals surface area contributed by atoms with E-state index < -0.39 is 6.09 Å². The Balaban J connectivity index is 2.53. The van der Waals surface area contributed by atoms with E-state index in [0.717, 1.165) is 16.8 Å². The molecule has 0 bridgehead atoms. The molecule has 3 nitrogen and oxygen atoms in total. The zero-order chi connectivity index (χ0) is 13.0. The van der Waals surface area contributed by atoms with Gasteiger partial charge in [0.1, 0.15) is 0 Å². The highest BCUT2D eigenvalue weighted by Gasteiger charge is 2.15. The number of carbonyl (C=O) groups is 1. The van der Waals surface area contributed by atoms with Gasteiger partial charge in [-0.25, -0.2) is 4.79 Å². The normalized spacial score (nSPS) is 10.1. The number of amides is 1. The summed E-state index contributed by atoms with van der Waals surface area (Å²) in [6.45, 7) is 2.26. The smallest absolute Gasteiger partial charge is 0.411 e. The lowest BCUT2D eigenvalue weighted by Gasteiger charge is -2.20. The molecule has 0 fully saturated rings. The fraction of sp³-hybridized carbons (Fsp3) is 0.133. The van der Waals surface area contributed by atoms with Crippen LogP contribution in [-0.4, -0.2) is 17.7 Å². The number of benzene rings is 2. The Kier molecular flexibility index (Phi) is 3.63. The summed E-state index contributed by atoms with van der Waals surface area (Å²) in [5.41, 5.74) is 2.67. The van der Waals surface area contributed by atoms with E-state index >= 15 is 0 Å². The molecule has 0 aliphatic carbocycles. The predicted molar refractivity (Wildman–Crippen MR) is 72.9 cm³/mol. The molecule has 0 aromatic heterocycles. The van der Waals surface area contributed by atoms with Crippen LogP contribution in [0.15, 0.2) is 54.6 Å². The SMILES string of the molecule is CCN(C(=O)O)c1ccccc1-c1ccccc1. The second-order valence-electron chi connectivity index (χ2n) is 3.91. The van der Waals surface area contributed by atoms with Gasteiger partial charge < -0.3 is 5.11 Å². The molecule has 92 valence electrons. The van der Waals surface area contributed by atoms with Crippen LogP contribution in [0.5, 0.6) is 0 Å². The number of hydrogen-bond acceptors (Lipinski definition) is 1. The highest BCUT2D eigenvalue weighted by Crippen LogP contribution is 2.30. The van der Waals surface area contributed by atoms with Gasteiger partial charge in [-0.15, -0.1) is 0 Å². The van der Waals surface area contributed by atoms with Gasteiger partial charge in [0.2, 0.25) is 0 Å². The van der Waals surface area contributed by atoms with Crippen molar-refractivity contribution in [2.24, 2.45) is 0 Å². The van der Waals surface area contributed by atoms with Crippen LogP contribution >= 0.6 is 0 Å². The van der Waals surface area contributed by atoms with Crippen LogP contribution in [0.1, 0.15) is 6.92 Å². The Morgan fingerprint density at radius 2 is 1.67 bits per heavy atom. The molecule has 0 aliphatic rings. The van der Waals surface area contributed by atoms with Crippen molar-refractivity contribution >= 4 is 11.8 Å². The Morgan fingerprint density at radius 3 is 2.28 bits per heavy atom. The minimum Gasteiger partial charge on any atom is -0.465 e. The molecule has 2 rings (SSSR count). The van der Waals surface area contributed by atoms with Crippen LogP contribution in [0.25, 0.3) is 11.1 Å². The third kappa shape index (κ3) is 2.35. The Morgan fingerprint density at radius 1 is 1.06 bits per heavy atom. The number of carboxylic acid groups (broad SMARTS) is 1. The van der Waals surface area contributed by atoms with Crippen LogP contribution in [-0.2, 0) is 0 Å².